The van der Waals surface area contributed by atoms with Gasteiger partial charge in [0, 0.05) is 30.1 Å². The van der Waals surface area contributed by atoms with E-state index >= 15 is 0 Å². The van der Waals surface area contributed by atoms with Crippen LogP contribution in [-0.4, -0.2) is 48.5 Å². The van der Waals surface area contributed by atoms with E-state index in [2.05, 4.69) is 0 Å². The minimum absolute atomic E-state index is 0.0132. The maximum absolute atomic E-state index is 12.4. The van der Waals surface area contributed by atoms with Crippen molar-refractivity contribution in [1.29, 1.82) is 0 Å². The van der Waals surface area contributed by atoms with Gasteiger partial charge >= 0.3 is 5.97 Å². The van der Waals surface area contributed by atoms with Crippen LogP contribution in [0.1, 0.15) is 34.6 Å². The van der Waals surface area contributed by atoms with Gasteiger partial charge < -0.3 is 29.6 Å². The average molecular weight is 402 g/mol. The van der Waals surface area contributed by atoms with Crippen LogP contribution >= 0.6 is 0 Å². The fraction of sp³-hybridized carbons (Fsp3) is 0.429. The fourth-order valence-corrected chi connectivity index (χ4v) is 3.72. The Hall–Kier alpha value is -3.00. The average Bonchev–Trinajstić information content (AvgIpc) is 3.01. The van der Waals surface area contributed by atoms with Crippen LogP contribution in [0.5, 0.6) is 11.5 Å². The predicted octanol–water partition coefficient (Wildman–Crippen LogP) is 1.82. The number of carbonyl (C=O) groups excluding carboxylic acids is 2. The standard InChI is InChI=1S/C21H26N2O6/c1-13-19(21(22)26)20(14-4-6-16-17(12-14)29-11-10-28-16)15(5-7-18(25)27-2)23(13)8-3-9-24/h4,6,12,24H,3,5,7-11H2,1-2H3,(H2,22,26). The Labute approximate surface area is 169 Å². The van der Waals surface area contributed by atoms with Gasteiger partial charge in [-0.1, -0.05) is 6.07 Å². The highest BCUT2D eigenvalue weighted by Crippen LogP contribution is 2.39. The molecule has 8 nitrogen and oxygen atoms in total. The molecule has 0 aliphatic carbocycles. The molecule has 1 aromatic heterocycles. The highest BCUT2D eigenvalue weighted by atomic mass is 16.6. The smallest absolute Gasteiger partial charge is 0.305 e. The molecule has 1 aliphatic rings. The number of hydrogen-bond donors (Lipinski definition) is 2. The molecule has 0 radical (unpaired) electrons. The largest absolute Gasteiger partial charge is 0.486 e. The van der Waals surface area contributed by atoms with Crippen LogP contribution in [0.3, 0.4) is 0 Å². The van der Waals surface area contributed by atoms with Crippen LogP contribution in [-0.2, 0) is 22.5 Å². The molecule has 29 heavy (non-hydrogen) atoms. The minimum atomic E-state index is -0.547. The van der Waals surface area contributed by atoms with Crippen molar-refractivity contribution in [2.75, 3.05) is 26.9 Å². The molecule has 3 N–H and O–H groups in total. The first kappa shape index (κ1) is 20.7. The lowest BCUT2D eigenvalue weighted by atomic mass is 9.97. The quantitative estimate of drug-likeness (QED) is 0.651. The van der Waals surface area contributed by atoms with E-state index in [0.717, 1.165) is 11.3 Å². The van der Waals surface area contributed by atoms with E-state index in [1.807, 2.05) is 23.6 Å². The SMILES string of the molecule is COC(=O)CCc1c(-c2ccc3c(c2)OCCO3)c(C(N)=O)c(C)n1CCCO. The second kappa shape index (κ2) is 9.00. The van der Waals surface area contributed by atoms with Gasteiger partial charge in [-0.3, -0.25) is 9.59 Å². The first-order chi connectivity index (χ1) is 14.0. The van der Waals surface area contributed by atoms with Gasteiger partial charge in [-0.15, -0.1) is 0 Å². The van der Waals surface area contributed by atoms with Crippen LogP contribution in [0.25, 0.3) is 11.1 Å². The van der Waals surface area contributed by atoms with Crippen molar-refractivity contribution in [3.63, 3.8) is 0 Å². The molecule has 0 unspecified atom stereocenters. The first-order valence-electron chi connectivity index (χ1n) is 9.57. The number of nitrogens with two attached hydrogens (primary N) is 1. The van der Waals surface area contributed by atoms with Gasteiger partial charge in [0.2, 0.25) is 0 Å². The summed E-state index contributed by atoms with van der Waals surface area (Å²) in [5.41, 5.74) is 9.07. The number of ether oxygens (including phenoxy) is 3. The third kappa shape index (κ3) is 4.22. The number of fused-ring (bicyclic) bond motifs is 1. The molecule has 0 saturated carbocycles. The lowest BCUT2D eigenvalue weighted by Crippen LogP contribution is -2.15. The number of aromatic nitrogens is 1. The molecular formula is C21H26N2O6. The Morgan fingerprint density at radius 1 is 1.24 bits per heavy atom. The Bertz CT molecular complexity index is 918. The van der Waals surface area contributed by atoms with Crippen molar-refractivity contribution in [2.45, 2.75) is 32.7 Å². The molecule has 0 spiro atoms. The van der Waals surface area contributed by atoms with Crippen molar-refractivity contribution in [2.24, 2.45) is 5.73 Å². The molecule has 0 bridgehead atoms. The topological polar surface area (TPSA) is 113 Å². The summed E-state index contributed by atoms with van der Waals surface area (Å²) < 4.78 is 18.0. The number of aliphatic hydroxyl groups excluding tert-OH is 1. The first-order valence-corrected chi connectivity index (χ1v) is 9.57. The number of rotatable bonds is 8. The maximum Gasteiger partial charge on any atom is 0.305 e. The number of amides is 1. The highest BCUT2D eigenvalue weighted by molar-refractivity contribution is 6.02. The molecule has 2 aromatic rings. The monoisotopic (exact) mass is 402 g/mol. The molecule has 1 aliphatic heterocycles. The van der Waals surface area contributed by atoms with Crippen molar-refractivity contribution in [1.82, 2.24) is 4.57 Å². The Kier molecular flexibility index (Phi) is 6.43. The predicted molar refractivity (Wildman–Crippen MR) is 106 cm³/mol. The van der Waals surface area contributed by atoms with Crippen LogP contribution in [0.15, 0.2) is 18.2 Å². The maximum atomic E-state index is 12.4. The van der Waals surface area contributed by atoms with Crippen LogP contribution < -0.4 is 15.2 Å². The summed E-state index contributed by atoms with van der Waals surface area (Å²) in [5.74, 6) is 0.359. The summed E-state index contributed by atoms with van der Waals surface area (Å²) >= 11 is 0. The summed E-state index contributed by atoms with van der Waals surface area (Å²) in [4.78, 5) is 24.1. The third-order valence-electron chi connectivity index (χ3n) is 5.04. The number of aliphatic hydroxyl groups is 1. The Morgan fingerprint density at radius 3 is 2.62 bits per heavy atom. The Balaban J connectivity index is 2.16. The summed E-state index contributed by atoms with van der Waals surface area (Å²) in [6, 6.07) is 5.49. The van der Waals surface area contributed by atoms with Gasteiger partial charge in [0.1, 0.15) is 13.2 Å². The number of esters is 1. The molecule has 3 rings (SSSR count). The fourth-order valence-electron chi connectivity index (χ4n) is 3.72. The van der Waals surface area contributed by atoms with Crippen molar-refractivity contribution in [3.8, 4) is 22.6 Å². The zero-order chi connectivity index (χ0) is 21.0. The summed E-state index contributed by atoms with van der Waals surface area (Å²) in [6.45, 7) is 3.27. The molecule has 0 fully saturated rings. The lowest BCUT2D eigenvalue weighted by Gasteiger charge is -2.19. The van der Waals surface area contributed by atoms with Gasteiger partial charge in [-0.2, -0.15) is 0 Å². The van der Waals surface area contributed by atoms with E-state index < -0.39 is 5.91 Å². The van der Waals surface area contributed by atoms with E-state index in [9.17, 15) is 14.7 Å². The van der Waals surface area contributed by atoms with Gasteiger partial charge in [0.05, 0.1) is 19.1 Å². The molecule has 0 atom stereocenters. The lowest BCUT2D eigenvalue weighted by molar-refractivity contribution is -0.140. The molecule has 156 valence electrons. The van der Waals surface area contributed by atoms with Gasteiger partial charge in [-0.05, 0) is 37.5 Å². The molecule has 1 amide bonds. The number of carbonyl (C=O) groups is 2. The van der Waals surface area contributed by atoms with Crippen LogP contribution in [0.2, 0.25) is 0 Å². The van der Waals surface area contributed by atoms with Crippen molar-refractivity contribution < 1.29 is 28.9 Å². The van der Waals surface area contributed by atoms with Crippen LogP contribution in [0.4, 0.5) is 0 Å². The third-order valence-corrected chi connectivity index (χ3v) is 5.04. The summed E-state index contributed by atoms with van der Waals surface area (Å²) in [5, 5.41) is 9.29. The van der Waals surface area contributed by atoms with E-state index in [0.29, 0.717) is 60.9 Å². The van der Waals surface area contributed by atoms with Gasteiger partial charge in [0.25, 0.3) is 5.91 Å². The number of hydrogen-bond acceptors (Lipinski definition) is 6. The molecule has 8 heteroatoms. The number of methoxy groups -OCH3 is 1. The number of nitrogens with zero attached hydrogens (tertiary/aromatic N) is 1. The van der Waals surface area contributed by atoms with E-state index in [4.69, 9.17) is 19.9 Å². The van der Waals surface area contributed by atoms with E-state index in [-0.39, 0.29) is 19.0 Å². The van der Waals surface area contributed by atoms with Crippen LogP contribution in [0, 0.1) is 6.92 Å². The van der Waals surface area contributed by atoms with Crippen molar-refractivity contribution in [3.05, 3.63) is 35.2 Å². The minimum Gasteiger partial charge on any atom is -0.486 e. The summed E-state index contributed by atoms with van der Waals surface area (Å²) in [7, 11) is 1.34. The normalized spacial score (nSPS) is 12.7. The van der Waals surface area contributed by atoms with E-state index in [1.165, 1.54) is 7.11 Å². The summed E-state index contributed by atoms with van der Waals surface area (Å²) in [6.07, 6.45) is 1.05. The number of primary amides is 1. The number of benzene rings is 1. The highest BCUT2D eigenvalue weighted by Gasteiger charge is 2.26. The molecule has 2 heterocycles. The van der Waals surface area contributed by atoms with E-state index in [1.54, 1.807) is 6.07 Å². The molecule has 1 aromatic carbocycles. The second-order valence-corrected chi connectivity index (χ2v) is 6.81. The van der Waals surface area contributed by atoms with Gasteiger partial charge in [-0.25, -0.2) is 0 Å². The zero-order valence-corrected chi connectivity index (χ0v) is 16.7. The molecule has 0 saturated heterocycles. The van der Waals surface area contributed by atoms with Crippen molar-refractivity contribution >= 4 is 11.9 Å². The molecular weight excluding hydrogens is 376 g/mol. The second-order valence-electron chi connectivity index (χ2n) is 6.81. The Morgan fingerprint density at radius 2 is 1.97 bits per heavy atom. The van der Waals surface area contributed by atoms with Gasteiger partial charge in [0.15, 0.2) is 11.5 Å². The zero-order valence-electron chi connectivity index (χ0n) is 16.7.